The molecule has 1 aliphatic rings. The number of benzene rings is 1. The van der Waals surface area contributed by atoms with Crippen LogP contribution in [0.15, 0.2) is 30.6 Å². The Morgan fingerprint density at radius 2 is 2.04 bits per heavy atom. The number of rotatable bonds is 4. The molecule has 1 amide bonds. The van der Waals surface area contributed by atoms with Gasteiger partial charge in [0.25, 0.3) is 0 Å². The Morgan fingerprint density at radius 1 is 1.30 bits per heavy atom. The Kier molecular flexibility index (Phi) is 4.41. The monoisotopic (exact) mass is 319 g/mol. The molecule has 0 aliphatic heterocycles. The van der Waals surface area contributed by atoms with E-state index in [1.54, 1.807) is 24.0 Å². The summed E-state index contributed by atoms with van der Waals surface area (Å²) < 4.78 is 28.6. The summed E-state index contributed by atoms with van der Waals surface area (Å²) in [5.41, 5.74) is 0.476. The van der Waals surface area contributed by atoms with Gasteiger partial charge < -0.3 is 9.88 Å². The lowest BCUT2D eigenvalue weighted by atomic mass is 10.0. The van der Waals surface area contributed by atoms with Gasteiger partial charge in [-0.2, -0.15) is 0 Å². The van der Waals surface area contributed by atoms with Gasteiger partial charge in [0.1, 0.15) is 11.9 Å². The summed E-state index contributed by atoms with van der Waals surface area (Å²) in [6.45, 7) is 0. The molecule has 2 aromatic rings. The van der Waals surface area contributed by atoms with Crippen LogP contribution in [-0.2, 0) is 11.8 Å². The fourth-order valence-corrected chi connectivity index (χ4v) is 3.09. The van der Waals surface area contributed by atoms with E-state index < -0.39 is 17.7 Å². The van der Waals surface area contributed by atoms with Crippen LogP contribution in [-0.4, -0.2) is 15.5 Å². The van der Waals surface area contributed by atoms with Crippen molar-refractivity contribution in [3.05, 3.63) is 53.6 Å². The molecular formula is C17H19F2N3O. The number of imidazole rings is 1. The number of halogens is 2. The average molecular weight is 319 g/mol. The first-order valence-corrected chi connectivity index (χ1v) is 7.79. The molecule has 1 aromatic heterocycles. The lowest BCUT2D eigenvalue weighted by Crippen LogP contribution is -2.35. The van der Waals surface area contributed by atoms with Crippen LogP contribution >= 0.6 is 0 Å². The number of hydrogen-bond donors (Lipinski definition) is 1. The van der Waals surface area contributed by atoms with Crippen LogP contribution in [0.4, 0.5) is 8.78 Å². The quantitative estimate of drug-likeness (QED) is 0.941. The van der Waals surface area contributed by atoms with Crippen LogP contribution in [0.5, 0.6) is 0 Å². The molecule has 23 heavy (non-hydrogen) atoms. The molecule has 3 rings (SSSR count). The van der Waals surface area contributed by atoms with E-state index >= 15 is 0 Å². The second-order valence-corrected chi connectivity index (χ2v) is 5.99. The summed E-state index contributed by atoms with van der Waals surface area (Å²) in [6, 6.07) is 3.07. The van der Waals surface area contributed by atoms with Crippen molar-refractivity contribution < 1.29 is 13.6 Å². The van der Waals surface area contributed by atoms with Crippen molar-refractivity contribution in [2.45, 2.75) is 31.7 Å². The zero-order chi connectivity index (χ0) is 16.4. The van der Waals surface area contributed by atoms with Crippen LogP contribution in [0.3, 0.4) is 0 Å². The summed E-state index contributed by atoms with van der Waals surface area (Å²) in [5.74, 6) is -1.32. The molecule has 1 aromatic carbocycles. The number of carbonyl (C=O) groups excluding carboxylic acids is 1. The van der Waals surface area contributed by atoms with Crippen LogP contribution in [0, 0.1) is 17.6 Å². The molecule has 1 unspecified atom stereocenters. The molecule has 0 radical (unpaired) electrons. The number of amides is 1. The highest BCUT2D eigenvalue weighted by Crippen LogP contribution is 2.28. The van der Waals surface area contributed by atoms with Crippen molar-refractivity contribution in [3.8, 4) is 0 Å². The van der Waals surface area contributed by atoms with E-state index in [1.165, 1.54) is 6.07 Å². The number of aryl methyl sites for hydroxylation is 1. The second kappa shape index (κ2) is 6.48. The normalized spacial score (nSPS) is 16.5. The number of aromatic nitrogens is 2. The van der Waals surface area contributed by atoms with Crippen molar-refractivity contribution in [1.82, 2.24) is 14.9 Å². The second-order valence-electron chi connectivity index (χ2n) is 5.99. The maximum atomic E-state index is 13.6. The molecule has 1 fully saturated rings. The summed E-state index contributed by atoms with van der Waals surface area (Å²) in [7, 11) is 1.80. The predicted molar refractivity (Wildman–Crippen MR) is 81.5 cm³/mol. The third kappa shape index (κ3) is 3.25. The van der Waals surface area contributed by atoms with Gasteiger partial charge in [0.05, 0.1) is 0 Å². The average Bonchev–Trinajstić information content (AvgIpc) is 3.19. The SMILES string of the molecule is Cn1ccnc1C(NC(=O)C1CCCC1)c1ccc(F)c(F)c1. The molecule has 0 saturated heterocycles. The minimum atomic E-state index is -0.933. The number of hydrogen-bond acceptors (Lipinski definition) is 2. The van der Waals surface area contributed by atoms with Crippen molar-refractivity contribution in [1.29, 1.82) is 0 Å². The maximum absolute atomic E-state index is 13.6. The van der Waals surface area contributed by atoms with Gasteiger partial charge in [-0.1, -0.05) is 18.9 Å². The highest BCUT2D eigenvalue weighted by Gasteiger charge is 2.28. The smallest absolute Gasteiger partial charge is 0.223 e. The van der Waals surface area contributed by atoms with E-state index in [-0.39, 0.29) is 11.8 Å². The molecule has 1 N–H and O–H groups in total. The van der Waals surface area contributed by atoms with Crippen LogP contribution < -0.4 is 5.32 Å². The Morgan fingerprint density at radius 3 is 2.65 bits per heavy atom. The number of nitrogens with zero attached hydrogens (tertiary/aromatic N) is 2. The lowest BCUT2D eigenvalue weighted by Gasteiger charge is -2.21. The van der Waals surface area contributed by atoms with Crippen molar-refractivity contribution in [2.75, 3.05) is 0 Å². The first kappa shape index (κ1) is 15.6. The highest BCUT2D eigenvalue weighted by atomic mass is 19.2. The largest absolute Gasteiger partial charge is 0.342 e. The van der Waals surface area contributed by atoms with E-state index in [9.17, 15) is 13.6 Å². The Labute approximate surface area is 133 Å². The van der Waals surface area contributed by atoms with E-state index in [1.807, 2.05) is 0 Å². The molecule has 0 spiro atoms. The standard InChI is InChI=1S/C17H19F2N3O/c1-22-9-8-20-16(22)15(12-6-7-13(18)14(19)10-12)21-17(23)11-4-2-3-5-11/h6-11,15H,2-5H2,1H3,(H,21,23). The van der Waals surface area contributed by atoms with Crippen LogP contribution in [0.1, 0.15) is 43.1 Å². The van der Waals surface area contributed by atoms with Gasteiger partial charge in [0.15, 0.2) is 11.6 Å². The minimum Gasteiger partial charge on any atom is -0.342 e. The fourth-order valence-electron chi connectivity index (χ4n) is 3.09. The van der Waals surface area contributed by atoms with E-state index in [0.717, 1.165) is 37.8 Å². The van der Waals surface area contributed by atoms with Crippen molar-refractivity contribution in [2.24, 2.45) is 13.0 Å². The van der Waals surface area contributed by atoms with Gasteiger partial charge in [-0.05, 0) is 30.5 Å². The Hall–Kier alpha value is -2.24. The molecule has 4 nitrogen and oxygen atoms in total. The summed E-state index contributed by atoms with van der Waals surface area (Å²) in [6.07, 6.45) is 7.22. The van der Waals surface area contributed by atoms with Gasteiger partial charge in [-0.25, -0.2) is 13.8 Å². The molecule has 0 bridgehead atoms. The molecule has 1 heterocycles. The van der Waals surface area contributed by atoms with Crippen molar-refractivity contribution >= 4 is 5.91 Å². The van der Waals surface area contributed by atoms with E-state index in [4.69, 9.17) is 0 Å². The number of carbonyl (C=O) groups is 1. The third-order valence-corrected chi connectivity index (χ3v) is 4.41. The van der Waals surface area contributed by atoms with Gasteiger partial charge in [0.2, 0.25) is 5.91 Å². The lowest BCUT2D eigenvalue weighted by molar-refractivity contribution is -0.125. The van der Waals surface area contributed by atoms with Gasteiger partial charge >= 0.3 is 0 Å². The maximum Gasteiger partial charge on any atom is 0.223 e. The van der Waals surface area contributed by atoms with Crippen LogP contribution in [0.2, 0.25) is 0 Å². The topological polar surface area (TPSA) is 46.9 Å². The summed E-state index contributed by atoms with van der Waals surface area (Å²) in [5, 5.41) is 2.95. The summed E-state index contributed by atoms with van der Waals surface area (Å²) >= 11 is 0. The number of nitrogens with one attached hydrogen (secondary N) is 1. The van der Waals surface area contributed by atoms with E-state index in [0.29, 0.717) is 11.4 Å². The molecule has 1 atom stereocenters. The Bertz CT molecular complexity index is 708. The van der Waals surface area contributed by atoms with Gasteiger partial charge in [-0.3, -0.25) is 4.79 Å². The van der Waals surface area contributed by atoms with Gasteiger partial charge in [0, 0.05) is 25.4 Å². The third-order valence-electron chi connectivity index (χ3n) is 4.41. The molecule has 1 saturated carbocycles. The zero-order valence-corrected chi connectivity index (χ0v) is 12.9. The van der Waals surface area contributed by atoms with Crippen LogP contribution in [0.25, 0.3) is 0 Å². The minimum absolute atomic E-state index is 0.0111. The summed E-state index contributed by atoms with van der Waals surface area (Å²) in [4.78, 5) is 16.7. The Balaban J connectivity index is 1.91. The molecule has 6 heteroatoms. The first-order valence-electron chi connectivity index (χ1n) is 7.79. The zero-order valence-electron chi connectivity index (χ0n) is 12.9. The first-order chi connectivity index (χ1) is 11.1. The fraction of sp³-hybridized carbons (Fsp3) is 0.412. The van der Waals surface area contributed by atoms with E-state index in [2.05, 4.69) is 10.3 Å². The molecule has 122 valence electrons. The molecular weight excluding hydrogens is 300 g/mol. The molecule has 1 aliphatic carbocycles. The highest BCUT2D eigenvalue weighted by molar-refractivity contribution is 5.79. The van der Waals surface area contributed by atoms with Crippen molar-refractivity contribution in [3.63, 3.8) is 0 Å². The predicted octanol–water partition coefficient (Wildman–Crippen LogP) is 3.09. The van der Waals surface area contributed by atoms with Gasteiger partial charge in [-0.15, -0.1) is 0 Å².